The molecule has 1 atom stereocenters. The van der Waals surface area contributed by atoms with Gasteiger partial charge in [0.2, 0.25) is 5.91 Å². The lowest BCUT2D eigenvalue weighted by Crippen LogP contribution is -2.45. The molecule has 3 rings (SSSR count). The van der Waals surface area contributed by atoms with Crippen molar-refractivity contribution < 1.29 is 14.7 Å². The maximum absolute atomic E-state index is 12.0. The number of nitrogens with zero attached hydrogens (tertiary/aromatic N) is 1. The fourth-order valence-electron chi connectivity index (χ4n) is 2.37. The topological polar surface area (TPSA) is 121 Å². The van der Waals surface area contributed by atoms with Crippen LogP contribution in [0.3, 0.4) is 0 Å². The van der Waals surface area contributed by atoms with Crippen LogP contribution in [-0.4, -0.2) is 26.5 Å². The quantitative estimate of drug-likeness (QED) is 0.647. The molecule has 8 heteroatoms. The average Bonchev–Trinajstić information content (AvgIpc) is 2.38. The van der Waals surface area contributed by atoms with Crippen LogP contribution in [-0.2, 0) is 9.59 Å². The molecule has 0 saturated carbocycles. The number of rotatable bonds is 2. The van der Waals surface area contributed by atoms with Crippen LogP contribution < -0.4 is 16.4 Å². The molecule has 0 fully saturated rings. The first-order valence-corrected chi connectivity index (χ1v) is 5.79. The number of carbonyl (C=O) groups excluding carboxylic acids is 1. The van der Waals surface area contributed by atoms with Gasteiger partial charge >= 0.3 is 17.1 Å². The smallest absolute Gasteiger partial charge is 0.317 e. The second-order valence-corrected chi connectivity index (χ2v) is 4.43. The zero-order chi connectivity index (χ0) is 14.4. The van der Waals surface area contributed by atoms with Gasteiger partial charge in [0.1, 0.15) is 6.04 Å². The highest BCUT2D eigenvalue weighted by Gasteiger charge is 2.32. The summed E-state index contributed by atoms with van der Waals surface area (Å²) in [6, 6.07) is 3.52. The van der Waals surface area contributed by atoms with Crippen LogP contribution in [0.2, 0.25) is 0 Å². The number of benzene rings is 1. The summed E-state index contributed by atoms with van der Waals surface area (Å²) < 4.78 is 0.955. The third kappa shape index (κ3) is 1.62. The second-order valence-electron chi connectivity index (χ2n) is 4.43. The van der Waals surface area contributed by atoms with Crippen LogP contribution in [0.1, 0.15) is 12.5 Å². The van der Waals surface area contributed by atoms with Gasteiger partial charge in [-0.15, -0.1) is 0 Å². The van der Waals surface area contributed by atoms with E-state index in [0.717, 1.165) is 4.57 Å². The number of hydrogen-bond donors (Lipinski definition) is 3. The first kappa shape index (κ1) is 12.2. The van der Waals surface area contributed by atoms with Gasteiger partial charge < -0.3 is 15.4 Å². The van der Waals surface area contributed by atoms with E-state index in [1.54, 1.807) is 18.2 Å². The summed E-state index contributed by atoms with van der Waals surface area (Å²) >= 11 is 0. The van der Waals surface area contributed by atoms with Crippen molar-refractivity contribution in [3.05, 3.63) is 38.9 Å². The lowest BCUT2D eigenvalue weighted by Gasteiger charge is -2.25. The fraction of sp³-hybridized carbons (Fsp3) is 0.167. The summed E-state index contributed by atoms with van der Waals surface area (Å²) in [4.78, 5) is 48.8. The third-order valence-electron chi connectivity index (χ3n) is 3.18. The van der Waals surface area contributed by atoms with E-state index < -0.39 is 35.5 Å². The molecule has 20 heavy (non-hydrogen) atoms. The van der Waals surface area contributed by atoms with Crippen molar-refractivity contribution in [3.63, 3.8) is 0 Å². The van der Waals surface area contributed by atoms with E-state index in [9.17, 15) is 19.2 Å². The second kappa shape index (κ2) is 4.05. The Hall–Kier alpha value is -2.90. The van der Waals surface area contributed by atoms with Crippen LogP contribution in [0.15, 0.2) is 27.8 Å². The maximum atomic E-state index is 12.0. The highest BCUT2D eigenvalue weighted by molar-refractivity contribution is 6.05. The number of nitrogens with one attached hydrogen (secondary N) is 2. The monoisotopic (exact) mass is 275 g/mol. The normalized spacial score (nSPS) is 17.0. The SMILES string of the molecule is O=C(O)C[C@H]1C(=O)Nc2cccc3[nH]c(=O)c(=O)n1c23. The minimum atomic E-state index is -1.24. The third-order valence-corrected chi connectivity index (χ3v) is 3.18. The van der Waals surface area contributed by atoms with Crippen molar-refractivity contribution in [3.8, 4) is 0 Å². The molecule has 0 radical (unpaired) electrons. The predicted octanol–water partition coefficient (Wildman–Crippen LogP) is -0.342. The van der Waals surface area contributed by atoms with Gasteiger partial charge in [-0.05, 0) is 12.1 Å². The molecule has 1 amide bonds. The number of aliphatic carboxylic acids is 1. The molecule has 1 aliphatic heterocycles. The van der Waals surface area contributed by atoms with Crippen LogP contribution >= 0.6 is 0 Å². The number of amides is 1. The molecule has 0 spiro atoms. The van der Waals surface area contributed by atoms with Gasteiger partial charge in [-0.2, -0.15) is 0 Å². The number of carboxylic acid groups (broad SMARTS) is 1. The Labute approximate surface area is 110 Å². The first-order valence-electron chi connectivity index (χ1n) is 5.79. The van der Waals surface area contributed by atoms with Gasteiger partial charge in [0, 0.05) is 0 Å². The molecule has 1 aromatic carbocycles. The maximum Gasteiger partial charge on any atom is 0.317 e. The Morgan fingerprint density at radius 3 is 2.75 bits per heavy atom. The number of carboxylic acids is 1. The number of aromatic nitrogens is 2. The summed E-state index contributed by atoms with van der Waals surface area (Å²) in [6.07, 6.45) is -0.571. The molecular weight excluding hydrogens is 266 g/mol. The van der Waals surface area contributed by atoms with Crippen molar-refractivity contribution in [2.45, 2.75) is 12.5 Å². The summed E-state index contributed by atoms with van der Waals surface area (Å²) in [5.74, 6) is -1.86. The van der Waals surface area contributed by atoms with Gasteiger partial charge in [0.05, 0.1) is 23.1 Å². The highest BCUT2D eigenvalue weighted by atomic mass is 16.4. The van der Waals surface area contributed by atoms with E-state index in [4.69, 9.17) is 5.11 Å². The van der Waals surface area contributed by atoms with Crippen molar-refractivity contribution in [2.75, 3.05) is 5.32 Å². The van der Waals surface area contributed by atoms with Gasteiger partial charge in [0.15, 0.2) is 0 Å². The van der Waals surface area contributed by atoms with Crippen molar-refractivity contribution in [1.82, 2.24) is 9.55 Å². The molecule has 0 aliphatic carbocycles. The summed E-state index contributed by atoms with van der Waals surface area (Å²) in [5, 5.41) is 11.4. The Bertz CT molecular complexity index is 864. The molecule has 8 nitrogen and oxygen atoms in total. The van der Waals surface area contributed by atoms with Gasteiger partial charge in [0.25, 0.3) is 0 Å². The zero-order valence-corrected chi connectivity index (χ0v) is 10.0. The molecule has 3 N–H and O–H groups in total. The molecule has 1 aromatic heterocycles. The van der Waals surface area contributed by atoms with Gasteiger partial charge in [-0.3, -0.25) is 23.7 Å². The van der Waals surface area contributed by atoms with E-state index in [1.807, 2.05) is 0 Å². The Kier molecular flexibility index (Phi) is 2.46. The van der Waals surface area contributed by atoms with Crippen molar-refractivity contribution in [2.24, 2.45) is 0 Å². The number of H-pyrrole nitrogens is 1. The van der Waals surface area contributed by atoms with E-state index >= 15 is 0 Å². The predicted molar refractivity (Wildman–Crippen MR) is 68.7 cm³/mol. The molecule has 2 aromatic rings. The molecular formula is C12H9N3O5. The van der Waals surface area contributed by atoms with Crippen LogP contribution in [0.25, 0.3) is 11.0 Å². The van der Waals surface area contributed by atoms with Crippen molar-refractivity contribution in [1.29, 1.82) is 0 Å². The number of carbonyl (C=O) groups is 2. The van der Waals surface area contributed by atoms with E-state index in [1.165, 1.54) is 0 Å². The minimum Gasteiger partial charge on any atom is -0.481 e. The van der Waals surface area contributed by atoms with Crippen LogP contribution in [0.4, 0.5) is 5.69 Å². The summed E-state index contributed by atoms with van der Waals surface area (Å²) in [6.45, 7) is 0. The van der Waals surface area contributed by atoms with Crippen LogP contribution in [0.5, 0.6) is 0 Å². The molecule has 0 saturated heterocycles. The van der Waals surface area contributed by atoms with E-state index in [2.05, 4.69) is 10.3 Å². The van der Waals surface area contributed by atoms with E-state index in [0.29, 0.717) is 16.7 Å². The Morgan fingerprint density at radius 2 is 2.05 bits per heavy atom. The van der Waals surface area contributed by atoms with Gasteiger partial charge in [-0.25, -0.2) is 0 Å². The molecule has 102 valence electrons. The largest absolute Gasteiger partial charge is 0.481 e. The molecule has 0 unspecified atom stereocenters. The number of anilines is 1. The summed E-state index contributed by atoms with van der Waals surface area (Å²) in [5.41, 5.74) is -0.779. The molecule has 0 bridgehead atoms. The lowest BCUT2D eigenvalue weighted by molar-refractivity contribution is -0.139. The lowest BCUT2D eigenvalue weighted by atomic mass is 10.1. The van der Waals surface area contributed by atoms with E-state index in [-0.39, 0.29) is 0 Å². The standard InChI is InChI=1S/C12H9N3O5/c16-8(17)4-7-10(18)13-5-2-1-3-6-9(5)15(7)12(20)11(19)14-6/h1-3,7H,4H2,(H,13,18)(H,14,19)(H,16,17)/t7-/m0/s1. The Morgan fingerprint density at radius 1 is 1.30 bits per heavy atom. The molecule has 1 aliphatic rings. The van der Waals surface area contributed by atoms with Crippen LogP contribution in [0, 0.1) is 0 Å². The number of para-hydroxylation sites is 1. The van der Waals surface area contributed by atoms with Gasteiger partial charge in [-0.1, -0.05) is 6.07 Å². The Balaban J connectivity index is 2.43. The van der Waals surface area contributed by atoms with Crippen molar-refractivity contribution >= 4 is 28.6 Å². The number of aromatic amines is 1. The molecule has 2 heterocycles. The number of hydrogen-bond acceptors (Lipinski definition) is 4. The zero-order valence-electron chi connectivity index (χ0n) is 10.0. The average molecular weight is 275 g/mol. The summed E-state index contributed by atoms with van der Waals surface area (Å²) in [7, 11) is 0. The minimum absolute atomic E-state index is 0.322. The fourth-order valence-corrected chi connectivity index (χ4v) is 2.37. The highest BCUT2D eigenvalue weighted by Crippen LogP contribution is 2.29. The first-order chi connectivity index (χ1) is 9.49.